The molecule has 1 amide bonds. The average Bonchev–Trinajstić information content (AvgIpc) is 3.05. The lowest BCUT2D eigenvalue weighted by Crippen LogP contribution is -2.14. The van der Waals surface area contributed by atoms with E-state index >= 15 is 0 Å². The fourth-order valence-corrected chi connectivity index (χ4v) is 3.57. The van der Waals surface area contributed by atoms with Gasteiger partial charge in [0.2, 0.25) is 5.78 Å². The van der Waals surface area contributed by atoms with Crippen LogP contribution >= 0.6 is 0 Å². The molecule has 30 heavy (non-hydrogen) atoms. The van der Waals surface area contributed by atoms with Crippen LogP contribution in [0.25, 0.3) is 5.52 Å². The lowest BCUT2D eigenvalue weighted by Gasteiger charge is -2.07. The Morgan fingerprint density at radius 2 is 1.57 bits per heavy atom. The molecule has 3 N–H and O–H groups in total. The Kier molecular flexibility index (Phi) is 5.11. The minimum Gasteiger partial charge on any atom is -0.396 e. The van der Waals surface area contributed by atoms with E-state index in [-0.39, 0.29) is 17.4 Å². The highest BCUT2D eigenvalue weighted by atomic mass is 16.2. The molecular weight excluding hydrogens is 374 g/mol. The highest BCUT2D eigenvalue weighted by molar-refractivity contribution is 6.20. The van der Waals surface area contributed by atoms with Crippen LogP contribution in [0.1, 0.15) is 51.7 Å². The number of hydrogen-bond donors (Lipinski definition) is 2. The number of nitrogens with zero attached hydrogens (tertiary/aromatic N) is 1. The molecule has 5 nitrogen and oxygen atoms in total. The zero-order valence-corrected chi connectivity index (χ0v) is 16.9. The van der Waals surface area contributed by atoms with Gasteiger partial charge in [-0.3, -0.25) is 9.59 Å². The van der Waals surface area contributed by atoms with Crippen molar-refractivity contribution in [2.75, 3.05) is 11.1 Å². The summed E-state index contributed by atoms with van der Waals surface area (Å²) in [4.78, 5) is 26.3. The number of nitrogens with two attached hydrogens (primary N) is 1. The van der Waals surface area contributed by atoms with E-state index in [2.05, 4.69) is 19.2 Å². The quantitative estimate of drug-likeness (QED) is 0.459. The Hall–Kier alpha value is -3.86. The summed E-state index contributed by atoms with van der Waals surface area (Å²) in [7, 11) is 0. The van der Waals surface area contributed by atoms with Crippen LogP contribution in [-0.2, 0) is 0 Å². The molecule has 4 aromatic rings. The molecule has 0 aliphatic carbocycles. The maximum atomic E-state index is 13.3. The van der Waals surface area contributed by atoms with Crippen LogP contribution in [-0.4, -0.2) is 16.1 Å². The minimum atomic E-state index is -0.350. The van der Waals surface area contributed by atoms with Gasteiger partial charge in [-0.25, -0.2) is 0 Å². The molecule has 150 valence electrons. The molecule has 5 heteroatoms. The van der Waals surface area contributed by atoms with Crippen molar-refractivity contribution < 1.29 is 9.59 Å². The number of carbonyl (C=O) groups excluding carboxylic acids is 2. The molecule has 0 saturated heterocycles. The van der Waals surface area contributed by atoms with E-state index in [9.17, 15) is 9.59 Å². The molecular formula is C25H23N3O2. The van der Waals surface area contributed by atoms with Crippen molar-refractivity contribution in [3.8, 4) is 0 Å². The van der Waals surface area contributed by atoms with E-state index in [4.69, 9.17) is 5.73 Å². The summed E-state index contributed by atoms with van der Waals surface area (Å²) in [6, 6.07) is 22.1. The van der Waals surface area contributed by atoms with Gasteiger partial charge >= 0.3 is 0 Å². The second kappa shape index (κ2) is 7.87. The molecule has 2 aromatic heterocycles. The van der Waals surface area contributed by atoms with Crippen LogP contribution < -0.4 is 11.1 Å². The van der Waals surface area contributed by atoms with Gasteiger partial charge < -0.3 is 15.5 Å². The molecule has 0 aliphatic rings. The number of amides is 1. The number of anilines is 2. The molecule has 0 spiro atoms. The van der Waals surface area contributed by atoms with Crippen LogP contribution in [0.15, 0.2) is 79.0 Å². The fourth-order valence-electron chi connectivity index (χ4n) is 3.57. The number of aromatic nitrogens is 1. The van der Waals surface area contributed by atoms with Gasteiger partial charge in [-0.15, -0.1) is 0 Å². The van der Waals surface area contributed by atoms with Crippen LogP contribution in [0.4, 0.5) is 11.4 Å². The Morgan fingerprint density at radius 1 is 0.900 bits per heavy atom. The van der Waals surface area contributed by atoms with Crippen LogP contribution in [0.2, 0.25) is 0 Å². The number of hydrogen-bond acceptors (Lipinski definition) is 3. The van der Waals surface area contributed by atoms with Gasteiger partial charge in [-0.1, -0.05) is 62.4 Å². The first-order valence-corrected chi connectivity index (χ1v) is 9.87. The van der Waals surface area contributed by atoms with Crippen molar-refractivity contribution in [1.82, 2.24) is 4.40 Å². The second-order valence-corrected chi connectivity index (χ2v) is 7.52. The van der Waals surface area contributed by atoms with Crippen molar-refractivity contribution in [3.05, 3.63) is 101 Å². The molecule has 0 aliphatic heterocycles. The molecule has 2 heterocycles. The summed E-state index contributed by atoms with van der Waals surface area (Å²) in [5.74, 6) is -0.194. The summed E-state index contributed by atoms with van der Waals surface area (Å²) < 4.78 is 1.69. The highest BCUT2D eigenvalue weighted by Gasteiger charge is 2.26. The second-order valence-electron chi connectivity index (χ2n) is 7.52. The summed E-state index contributed by atoms with van der Waals surface area (Å²) in [5.41, 5.74) is 10.1. The summed E-state index contributed by atoms with van der Waals surface area (Å²) in [6.07, 6.45) is 1.75. The molecule has 0 radical (unpaired) electrons. The van der Waals surface area contributed by atoms with Gasteiger partial charge in [0.25, 0.3) is 5.91 Å². The van der Waals surface area contributed by atoms with Crippen LogP contribution in [0.5, 0.6) is 0 Å². The van der Waals surface area contributed by atoms with Gasteiger partial charge in [0.05, 0.1) is 16.8 Å². The van der Waals surface area contributed by atoms with Gasteiger partial charge in [0, 0.05) is 17.4 Å². The third kappa shape index (κ3) is 3.46. The number of nitrogen functional groups attached to an aromatic ring is 1. The first-order valence-electron chi connectivity index (χ1n) is 9.87. The number of pyridine rings is 1. The average molecular weight is 397 g/mol. The van der Waals surface area contributed by atoms with Gasteiger partial charge in [-0.05, 0) is 35.7 Å². The fraction of sp³-hybridized carbons (Fsp3) is 0.120. The first kappa shape index (κ1) is 19.5. The van der Waals surface area contributed by atoms with Gasteiger partial charge in [0.1, 0.15) is 5.69 Å². The van der Waals surface area contributed by atoms with Crippen molar-refractivity contribution >= 4 is 28.6 Å². The summed E-state index contributed by atoms with van der Waals surface area (Å²) in [5, 5.41) is 2.86. The summed E-state index contributed by atoms with van der Waals surface area (Å²) >= 11 is 0. The number of nitrogens with one attached hydrogen (secondary N) is 1. The number of carbonyl (C=O) groups is 2. The van der Waals surface area contributed by atoms with E-state index in [0.717, 1.165) is 5.56 Å². The first-order chi connectivity index (χ1) is 14.5. The number of rotatable bonds is 5. The maximum absolute atomic E-state index is 13.3. The minimum absolute atomic E-state index is 0.174. The topological polar surface area (TPSA) is 76.6 Å². The third-order valence-electron chi connectivity index (χ3n) is 5.19. The van der Waals surface area contributed by atoms with E-state index in [1.807, 2.05) is 54.6 Å². The molecule has 0 fully saturated rings. The third-order valence-corrected chi connectivity index (χ3v) is 5.19. The molecule has 2 aromatic carbocycles. The SMILES string of the molecule is CC(C)c1ccc(C(=O)c2c(N)c(C(=O)Nc3ccccc3)c3ccccn23)cc1. The van der Waals surface area contributed by atoms with Crippen LogP contribution in [0, 0.1) is 0 Å². The predicted molar refractivity (Wildman–Crippen MR) is 120 cm³/mol. The zero-order chi connectivity index (χ0) is 21.3. The number of para-hydroxylation sites is 1. The van der Waals surface area contributed by atoms with Crippen molar-refractivity contribution in [2.24, 2.45) is 0 Å². The Morgan fingerprint density at radius 3 is 2.23 bits per heavy atom. The monoisotopic (exact) mass is 397 g/mol. The molecule has 0 unspecified atom stereocenters. The van der Waals surface area contributed by atoms with Crippen LogP contribution in [0.3, 0.4) is 0 Å². The molecule has 0 atom stereocenters. The number of fused-ring (bicyclic) bond motifs is 1. The Bertz CT molecular complexity index is 1220. The number of ketones is 1. The molecule has 0 saturated carbocycles. The van der Waals surface area contributed by atoms with Crippen molar-refractivity contribution in [1.29, 1.82) is 0 Å². The van der Waals surface area contributed by atoms with E-state index < -0.39 is 0 Å². The number of benzene rings is 2. The largest absolute Gasteiger partial charge is 0.396 e. The van der Waals surface area contributed by atoms with E-state index in [1.54, 1.807) is 28.8 Å². The van der Waals surface area contributed by atoms with Gasteiger partial charge in [-0.2, -0.15) is 0 Å². The van der Waals surface area contributed by atoms with Crippen molar-refractivity contribution in [3.63, 3.8) is 0 Å². The Labute approximate surface area is 175 Å². The van der Waals surface area contributed by atoms with E-state index in [1.165, 1.54) is 0 Å². The summed E-state index contributed by atoms with van der Waals surface area (Å²) in [6.45, 7) is 4.21. The maximum Gasteiger partial charge on any atom is 0.259 e. The van der Waals surface area contributed by atoms with Gasteiger partial charge in [0.15, 0.2) is 0 Å². The smallest absolute Gasteiger partial charge is 0.259 e. The zero-order valence-electron chi connectivity index (χ0n) is 16.9. The van der Waals surface area contributed by atoms with E-state index in [0.29, 0.717) is 33.9 Å². The molecule has 4 rings (SSSR count). The highest BCUT2D eigenvalue weighted by Crippen LogP contribution is 2.29. The lowest BCUT2D eigenvalue weighted by atomic mass is 9.99. The predicted octanol–water partition coefficient (Wildman–Crippen LogP) is 5.13. The van der Waals surface area contributed by atoms with Crippen molar-refractivity contribution in [2.45, 2.75) is 19.8 Å². The molecule has 0 bridgehead atoms. The standard InChI is InChI=1S/C25H23N3O2/c1-16(2)17-11-13-18(14-12-17)24(29)23-22(26)21(20-10-6-7-15-28(20)23)25(30)27-19-8-4-3-5-9-19/h3-16H,26H2,1-2H3,(H,27,30). The lowest BCUT2D eigenvalue weighted by molar-refractivity contribution is 0.102. The Balaban J connectivity index is 1.78. The normalized spacial score (nSPS) is 11.0.